The van der Waals surface area contributed by atoms with E-state index in [1.165, 1.54) is 0 Å². The van der Waals surface area contributed by atoms with Gasteiger partial charge in [0.15, 0.2) is 0 Å². The predicted octanol–water partition coefficient (Wildman–Crippen LogP) is 2.01. The maximum atomic E-state index is 12.1. The van der Waals surface area contributed by atoms with Crippen LogP contribution in [0.3, 0.4) is 0 Å². The topological polar surface area (TPSA) is 61.4 Å². The number of anilines is 1. The molecule has 19 heavy (non-hydrogen) atoms. The van der Waals surface area contributed by atoms with Gasteiger partial charge in [0.05, 0.1) is 11.7 Å². The second-order valence-electron chi connectivity index (χ2n) is 5.12. The van der Waals surface area contributed by atoms with Crippen LogP contribution in [0.15, 0.2) is 24.3 Å². The number of nitrogens with one attached hydrogen (secondary N) is 2. The number of benzene rings is 1. The van der Waals surface area contributed by atoms with E-state index in [0.717, 1.165) is 31.4 Å². The molecule has 4 heteroatoms. The van der Waals surface area contributed by atoms with Crippen molar-refractivity contribution in [3.63, 3.8) is 0 Å². The van der Waals surface area contributed by atoms with Crippen molar-refractivity contribution in [3.8, 4) is 0 Å². The van der Waals surface area contributed by atoms with E-state index >= 15 is 0 Å². The van der Waals surface area contributed by atoms with Gasteiger partial charge in [-0.3, -0.25) is 4.79 Å². The number of amides is 1. The highest BCUT2D eigenvalue weighted by atomic mass is 16.3. The fraction of sp³-hybridized carbons (Fsp3) is 0.533. The van der Waals surface area contributed by atoms with Crippen molar-refractivity contribution < 1.29 is 9.90 Å². The molecule has 1 amide bonds. The number of para-hydroxylation sites is 1. The van der Waals surface area contributed by atoms with Crippen LogP contribution in [0.25, 0.3) is 0 Å². The van der Waals surface area contributed by atoms with Crippen LogP contribution in [-0.4, -0.2) is 30.7 Å². The summed E-state index contributed by atoms with van der Waals surface area (Å²) in [7, 11) is 1.80. The standard InChI is InChI=1S/C15H22N2O2/c1-16-13-8-4-3-7-12(13)15(19)17-10-11-6-2-5-9-14(11)18/h3-4,7-8,11,14,16,18H,2,5-6,9-10H2,1H3,(H,17,19). The highest BCUT2D eigenvalue weighted by Crippen LogP contribution is 2.23. The molecule has 0 aliphatic heterocycles. The van der Waals surface area contributed by atoms with E-state index in [2.05, 4.69) is 10.6 Å². The summed E-state index contributed by atoms with van der Waals surface area (Å²) in [6.45, 7) is 0.554. The summed E-state index contributed by atoms with van der Waals surface area (Å²) in [6, 6.07) is 7.43. The number of aliphatic hydroxyl groups excluding tert-OH is 1. The molecule has 1 saturated carbocycles. The monoisotopic (exact) mass is 262 g/mol. The third-order valence-corrected chi connectivity index (χ3v) is 3.83. The first-order valence-corrected chi connectivity index (χ1v) is 6.95. The van der Waals surface area contributed by atoms with Crippen molar-refractivity contribution in [3.05, 3.63) is 29.8 Å². The number of carbonyl (C=O) groups excluding carboxylic acids is 1. The zero-order valence-electron chi connectivity index (χ0n) is 11.4. The van der Waals surface area contributed by atoms with E-state index in [1.807, 2.05) is 18.2 Å². The molecule has 0 radical (unpaired) electrons. The van der Waals surface area contributed by atoms with Gasteiger partial charge in [-0.2, -0.15) is 0 Å². The van der Waals surface area contributed by atoms with E-state index in [0.29, 0.717) is 12.1 Å². The van der Waals surface area contributed by atoms with E-state index in [9.17, 15) is 9.90 Å². The van der Waals surface area contributed by atoms with Crippen LogP contribution in [-0.2, 0) is 0 Å². The van der Waals surface area contributed by atoms with E-state index in [-0.39, 0.29) is 17.9 Å². The van der Waals surface area contributed by atoms with Crippen LogP contribution in [0.4, 0.5) is 5.69 Å². The van der Waals surface area contributed by atoms with Gasteiger partial charge in [-0.05, 0) is 25.0 Å². The molecule has 1 aliphatic rings. The third-order valence-electron chi connectivity index (χ3n) is 3.83. The average molecular weight is 262 g/mol. The molecule has 2 unspecified atom stereocenters. The maximum Gasteiger partial charge on any atom is 0.253 e. The second-order valence-corrected chi connectivity index (χ2v) is 5.12. The molecule has 0 heterocycles. The molecule has 104 valence electrons. The van der Waals surface area contributed by atoms with Crippen LogP contribution in [0.1, 0.15) is 36.0 Å². The molecule has 2 rings (SSSR count). The Balaban J connectivity index is 1.93. The summed E-state index contributed by atoms with van der Waals surface area (Å²) in [5.74, 6) is 0.113. The number of hydrogen-bond donors (Lipinski definition) is 3. The summed E-state index contributed by atoms with van der Waals surface area (Å²) < 4.78 is 0. The van der Waals surface area contributed by atoms with Crippen molar-refractivity contribution in [2.24, 2.45) is 5.92 Å². The Labute approximate surface area is 114 Å². The first kappa shape index (κ1) is 13.9. The number of rotatable bonds is 4. The van der Waals surface area contributed by atoms with Crippen LogP contribution in [0.2, 0.25) is 0 Å². The molecule has 2 atom stereocenters. The minimum Gasteiger partial charge on any atom is -0.393 e. The lowest BCUT2D eigenvalue weighted by Gasteiger charge is -2.27. The van der Waals surface area contributed by atoms with Gasteiger partial charge in [0.25, 0.3) is 5.91 Å². The minimum atomic E-state index is -0.270. The van der Waals surface area contributed by atoms with E-state index < -0.39 is 0 Å². The fourth-order valence-corrected chi connectivity index (χ4v) is 2.64. The SMILES string of the molecule is CNc1ccccc1C(=O)NCC1CCCCC1O. The lowest BCUT2D eigenvalue weighted by Crippen LogP contribution is -2.36. The van der Waals surface area contributed by atoms with E-state index in [1.54, 1.807) is 13.1 Å². The molecule has 1 fully saturated rings. The van der Waals surface area contributed by atoms with Crippen LogP contribution in [0, 0.1) is 5.92 Å². The number of hydrogen-bond acceptors (Lipinski definition) is 3. The largest absolute Gasteiger partial charge is 0.393 e. The minimum absolute atomic E-state index is 0.0808. The predicted molar refractivity (Wildman–Crippen MR) is 76.3 cm³/mol. The van der Waals surface area contributed by atoms with Gasteiger partial charge in [-0.1, -0.05) is 25.0 Å². The van der Waals surface area contributed by atoms with Gasteiger partial charge >= 0.3 is 0 Å². The smallest absolute Gasteiger partial charge is 0.253 e. The number of carbonyl (C=O) groups is 1. The first-order chi connectivity index (χ1) is 9.22. The Hall–Kier alpha value is -1.55. The Morgan fingerprint density at radius 3 is 2.79 bits per heavy atom. The Morgan fingerprint density at radius 2 is 2.05 bits per heavy atom. The van der Waals surface area contributed by atoms with Crippen LogP contribution >= 0.6 is 0 Å². The Bertz CT molecular complexity index is 434. The number of aliphatic hydroxyl groups is 1. The van der Waals surface area contributed by atoms with Crippen LogP contribution < -0.4 is 10.6 Å². The molecule has 1 aromatic rings. The van der Waals surface area contributed by atoms with Crippen molar-refractivity contribution in [2.75, 3.05) is 18.9 Å². The molecular formula is C15H22N2O2. The summed E-state index contributed by atoms with van der Waals surface area (Å²) in [6.07, 6.45) is 3.82. The molecule has 3 N–H and O–H groups in total. The van der Waals surface area contributed by atoms with E-state index in [4.69, 9.17) is 0 Å². The molecule has 0 aromatic heterocycles. The highest BCUT2D eigenvalue weighted by Gasteiger charge is 2.23. The van der Waals surface area contributed by atoms with Crippen molar-refractivity contribution in [2.45, 2.75) is 31.8 Å². The molecule has 0 saturated heterocycles. The van der Waals surface area contributed by atoms with Crippen LogP contribution in [0.5, 0.6) is 0 Å². The normalized spacial score (nSPS) is 22.8. The Kier molecular flexibility index (Phi) is 4.80. The summed E-state index contributed by atoms with van der Waals surface area (Å²) in [4.78, 5) is 12.1. The lowest BCUT2D eigenvalue weighted by atomic mass is 9.86. The van der Waals surface area contributed by atoms with Gasteiger partial charge in [0.1, 0.15) is 0 Å². The molecule has 1 aromatic carbocycles. The average Bonchev–Trinajstić information content (AvgIpc) is 2.46. The fourth-order valence-electron chi connectivity index (χ4n) is 2.64. The molecule has 0 spiro atoms. The summed E-state index contributed by atoms with van der Waals surface area (Å²) >= 11 is 0. The van der Waals surface area contributed by atoms with Crippen molar-refractivity contribution >= 4 is 11.6 Å². The van der Waals surface area contributed by atoms with Gasteiger partial charge < -0.3 is 15.7 Å². The summed E-state index contributed by atoms with van der Waals surface area (Å²) in [5.41, 5.74) is 1.47. The zero-order valence-corrected chi connectivity index (χ0v) is 11.4. The molecule has 1 aliphatic carbocycles. The van der Waals surface area contributed by atoms with Crippen molar-refractivity contribution in [1.29, 1.82) is 0 Å². The van der Waals surface area contributed by atoms with Gasteiger partial charge in [-0.25, -0.2) is 0 Å². The quantitative estimate of drug-likeness (QED) is 0.778. The molecule has 0 bridgehead atoms. The first-order valence-electron chi connectivity index (χ1n) is 6.95. The zero-order chi connectivity index (χ0) is 13.7. The van der Waals surface area contributed by atoms with Gasteiger partial charge in [0.2, 0.25) is 0 Å². The molecular weight excluding hydrogens is 240 g/mol. The maximum absolute atomic E-state index is 12.1. The second kappa shape index (κ2) is 6.57. The molecule has 4 nitrogen and oxygen atoms in total. The van der Waals surface area contributed by atoms with Gasteiger partial charge in [0, 0.05) is 25.2 Å². The third kappa shape index (κ3) is 3.47. The van der Waals surface area contributed by atoms with Crippen molar-refractivity contribution in [1.82, 2.24) is 5.32 Å². The highest BCUT2D eigenvalue weighted by molar-refractivity contribution is 5.99. The summed E-state index contributed by atoms with van der Waals surface area (Å²) in [5, 5.41) is 15.8. The lowest BCUT2D eigenvalue weighted by molar-refractivity contribution is 0.0663. The Morgan fingerprint density at radius 1 is 1.32 bits per heavy atom. The van der Waals surface area contributed by atoms with Gasteiger partial charge in [-0.15, -0.1) is 0 Å².